The monoisotopic (exact) mass is 220 g/mol. The van der Waals surface area contributed by atoms with Crippen LogP contribution in [-0.2, 0) is 4.79 Å². The van der Waals surface area contributed by atoms with Crippen LogP contribution in [0.1, 0.15) is 19.3 Å². The van der Waals surface area contributed by atoms with Crippen LogP contribution < -0.4 is 0 Å². The summed E-state index contributed by atoms with van der Waals surface area (Å²) in [5.41, 5.74) is 0. The molecule has 0 unspecified atom stereocenters. The lowest BCUT2D eigenvalue weighted by molar-refractivity contribution is -0.186. The molecular formula is C9H11F3N2O. The third kappa shape index (κ3) is 3.11. The SMILES string of the molecule is N#CCC1CCN(C(=O)C(F)(F)F)CC1. The summed E-state index contributed by atoms with van der Waals surface area (Å²) in [6.45, 7) is 0.204. The second-order valence-electron chi connectivity index (χ2n) is 3.60. The topological polar surface area (TPSA) is 44.1 Å². The minimum Gasteiger partial charge on any atom is -0.335 e. The lowest BCUT2D eigenvalue weighted by Crippen LogP contribution is -2.45. The van der Waals surface area contributed by atoms with Crippen LogP contribution in [0, 0.1) is 17.2 Å². The smallest absolute Gasteiger partial charge is 0.335 e. The first kappa shape index (κ1) is 11.8. The molecule has 0 saturated carbocycles. The van der Waals surface area contributed by atoms with Gasteiger partial charge in [-0.15, -0.1) is 0 Å². The van der Waals surface area contributed by atoms with Gasteiger partial charge >= 0.3 is 12.1 Å². The van der Waals surface area contributed by atoms with Crippen molar-refractivity contribution in [3.8, 4) is 6.07 Å². The van der Waals surface area contributed by atoms with Crippen molar-refractivity contribution in [3.05, 3.63) is 0 Å². The third-order valence-corrected chi connectivity index (χ3v) is 2.52. The van der Waals surface area contributed by atoms with Gasteiger partial charge in [0.25, 0.3) is 0 Å². The number of hydrogen-bond donors (Lipinski definition) is 0. The van der Waals surface area contributed by atoms with Crippen LogP contribution in [0.25, 0.3) is 0 Å². The Bertz CT molecular complexity index is 274. The fraction of sp³-hybridized carbons (Fsp3) is 0.778. The molecule has 0 aliphatic carbocycles. The standard InChI is InChI=1S/C9H11F3N2O/c10-9(11,12)8(15)14-5-2-7(1-4-13)3-6-14/h7H,1-3,5-6H2. The highest BCUT2D eigenvalue weighted by molar-refractivity contribution is 5.81. The Morgan fingerprint density at radius 3 is 2.33 bits per heavy atom. The van der Waals surface area contributed by atoms with Gasteiger partial charge in [0.05, 0.1) is 6.07 Å². The van der Waals surface area contributed by atoms with Crippen LogP contribution in [0.5, 0.6) is 0 Å². The van der Waals surface area contributed by atoms with Crippen molar-refractivity contribution in [2.75, 3.05) is 13.1 Å². The fourth-order valence-electron chi connectivity index (χ4n) is 1.65. The van der Waals surface area contributed by atoms with Crippen LogP contribution in [0.2, 0.25) is 0 Å². The zero-order valence-corrected chi connectivity index (χ0v) is 8.05. The summed E-state index contributed by atoms with van der Waals surface area (Å²) in [5.74, 6) is -1.63. The third-order valence-electron chi connectivity index (χ3n) is 2.52. The highest BCUT2D eigenvalue weighted by atomic mass is 19.4. The molecule has 6 heteroatoms. The lowest BCUT2D eigenvalue weighted by Gasteiger charge is -2.31. The Hall–Kier alpha value is -1.25. The maximum absolute atomic E-state index is 12.0. The van der Waals surface area contributed by atoms with Gasteiger partial charge in [0.2, 0.25) is 0 Å². The highest BCUT2D eigenvalue weighted by Crippen LogP contribution is 2.24. The number of likely N-dealkylation sites (tertiary alicyclic amines) is 1. The van der Waals surface area contributed by atoms with Crippen molar-refractivity contribution in [1.82, 2.24) is 4.90 Å². The first-order chi connectivity index (χ1) is 6.95. The Balaban J connectivity index is 2.45. The number of nitriles is 1. The molecule has 84 valence electrons. The molecule has 1 amide bonds. The van der Waals surface area contributed by atoms with E-state index in [1.165, 1.54) is 0 Å². The van der Waals surface area contributed by atoms with Crippen molar-refractivity contribution in [1.29, 1.82) is 5.26 Å². The van der Waals surface area contributed by atoms with E-state index in [-0.39, 0.29) is 19.0 Å². The van der Waals surface area contributed by atoms with Crippen molar-refractivity contribution in [3.63, 3.8) is 0 Å². The van der Waals surface area contributed by atoms with Crippen molar-refractivity contribution in [2.45, 2.75) is 25.4 Å². The predicted octanol–water partition coefficient (Wildman–Crippen LogP) is 1.70. The van der Waals surface area contributed by atoms with Gasteiger partial charge in [-0.25, -0.2) is 0 Å². The van der Waals surface area contributed by atoms with E-state index >= 15 is 0 Å². The molecule has 0 bridgehead atoms. The fourth-order valence-corrected chi connectivity index (χ4v) is 1.65. The average molecular weight is 220 g/mol. The zero-order valence-electron chi connectivity index (χ0n) is 8.05. The van der Waals surface area contributed by atoms with Crippen LogP contribution in [0.3, 0.4) is 0 Å². The van der Waals surface area contributed by atoms with Crippen LogP contribution in [-0.4, -0.2) is 30.1 Å². The molecule has 1 heterocycles. The summed E-state index contributed by atoms with van der Waals surface area (Å²) >= 11 is 0. The van der Waals surface area contributed by atoms with Crippen molar-refractivity contribution in [2.24, 2.45) is 5.92 Å². The number of alkyl halides is 3. The minimum absolute atomic E-state index is 0.102. The predicted molar refractivity (Wildman–Crippen MR) is 45.6 cm³/mol. The van der Waals surface area contributed by atoms with Gasteiger partial charge in [-0.2, -0.15) is 18.4 Å². The summed E-state index contributed by atoms with van der Waals surface area (Å²) in [6.07, 6.45) is -3.46. The molecule has 0 radical (unpaired) electrons. The Kier molecular flexibility index (Phi) is 3.56. The molecule has 0 aromatic rings. The number of hydrogen-bond acceptors (Lipinski definition) is 2. The normalized spacial score (nSPS) is 18.7. The van der Waals surface area contributed by atoms with E-state index in [0.717, 1.165) is 4.90 Å². The van der Waals surface area contributed by atoms with Gasteiger partial charge in [0, 0.05) is 19.5 Å². The number of rotatable bonds is 1. The van der Waals surface area contributed by atoms with Crippen LogP contribution in [0.4, 0.5) is 13.2 Å². The van der Waals surface area contributed by atoms with Gasteiger partial charge < -0.3 is 4.90 Å². The second-order valence-corrected chi connectivity index (χ2v) is 3.60. The van der Waals surface area contributed by atoms with Gasteiger partial charge in [-0.3, -0.25) is 4.79 Å². The summed E-state index contributed by atoms with van der Waals surface area (Å²) in [7, 11) is 0. The average Bonchev–Trinajstić information content (AvgIpc) is 2.17. The zero-order chi connectivity index (χ0) is 11.5. The molecule has 0 aromatic carbocycles. The number of carbonyl (C=O) groups is 1. The molecular weight excluding hydrogens is 209 g/mol. The highest BCUT2D eigenvalue weighted by Gasteiger charge is 2.43. The van der Waals surface area contributed by atoms with E-state index in [4.69, 9.17) is 5.26 Å². The van der Waals surface area contributed by atoms with Crippen molar-refractivity contribution < 1.29 is 18.0 Å². The first-order valence-electron chi connectivity index (χ1n) is 4.68. The molecule has 15 heavy (non-hydrogen) atoms. The number of carbonyl (C=O) groups excluding carboxylic acids is 1. The first-order valence-corrected chi connectivity index (χ1v) is 4.68. The van der Waals surface area contributed by atoms with Crippen LogP contribution >= 0.6 is 0 Å². The number of nitrogens with zero attached hydrogens (tertiary/aromatic N) is 2. The number of amides is 1. The molecule has 1 aliphatic rings. The summed E-state index contributed by atoms with van der Waals surface area (Å²) in [5, 5.41) is 8.41. The van der Waals surface area contributed by atoms with Gasteiger partial charge in [0.1, 0.15) is 0 Å². The molecule has 0 spiro atoms. The summed E-state index contributed by atoms with van der Waals surface area (Å²) in [6, 6.07) is 1.99. The molecule has 1 fully saturated rings. The van der Waals surface area contributed by atoms with Gasteiger partial charge in [0.15, 0.2) is 0 Å². The summed E-state index contributed by atoms with van der Waals surface area (Å²) < 4.78 is 36.1. The Morgan fingerprint density at radius 1 is 1.40 bits per heavy atom. The van der Waals surface area contributed by atoms with E-state index in [0.29, 0.717) is 19.3 Å². The van der Waals surface area contributed by atoms with Crippen molar-refractivity contribution >= 4 is 5.91 Å². The van der Waals surface area contributed by atoms with E-state index in [2.05, 4.69) is 0 Å². The van der Waals surface area contributed by atoms with E-state index in [1.54, 1.807) is 0 Å². The second kappa shape index (κ2) is 4.51. The largest absolute Gasteiger partial charge is 0.471 e. The number of piperidine rings is 1. The molecule has 1 saturated heterocycles. The maximum Gasteiger partial charge on any atom is 0.471 e. The molecule has 0 aromatic heterocycles. The quantitative estimate of drug-likeness (QED) is 0.675. The Labute approximate surface area is 85.5 Å². The number of halogens is 3. The van der Waals surface area contributed by atoms with Gasteiger partial charge in [-0.1, -0.05) is 0 Å². The lowest BCUT2D eigenvalue weighted by atomic mass is 9.94. The van der Waals surface area contributed by atoms with E-state index < -0.39 is 12.1 Å². The van der Waals surface area contributed by atoms with Crippen LogP contribution in [0.15, 0.2) is 0 Å². The maximum atomic E-state index is 12.0. The van der Waals surface area contributed by atoms with Gasteiger partial charge in [-0.05, 0) is 18.8 Å². The van der Waals surface area contributed by atoms with E-state index in [1.807, 2.05) is 6.07 Å². The summed E-state index contributed by atoms with van der Waals surface area (Å²) in [4.78, 5) is 11.6. The molecule has 0 atom stereocenters. The minimum atomic E-state index is -4.78. The molecule has 1 rings (SSSR count). The molecule has 3 nitrogen and oxygen atoms in total. The Morgan fingerprint density at radius 2 is 1.93 bits per heavy atom. The van der Waals surface area contributed by atoms with E-state index in [9.17, 15) is 18.0 Å². The molecule has 0 N–H and O–H groups in total. The molecule has 1 aliphatic heterocycles.